The Kier molecular flexibility index (Phi) is 27.3. The van der Waals surface area contributed by atoms with Gasteiger partial charge in [0.05, 0.1) is 93.0 Å². The summed E-state index contributed by atoms with van der Waals surface area (Å²) in [6.07, 6.45) is 10.2. The Morgan fingerprint density at radius 2 is 0.672 bits per heavy atom. The van der Waals surface area contributed by atoms with Crippen molar-refractivity contribution in [3.8, 4) is 67.8 Å². The number of hydrogen-bond donors (Lipinski definition) is 2. The summed E-state index contributed by atoms with van der Waals surface area (Å²) < 4.78 is 95.0. The van der Waals surface area contributed by atoms with Crippen LogP contribution in [0.5, 0.6) is 23.0 Å². The highest BCUT2D eigenvalue weighted by atomic mass is 19.1. The van der Waals surface area contributed by atoms with Crippen molar-refractivity contribution < 1.29 is 36.5 Å². The summed E-state index contributed by atoms with van der Waals surface area (Å²) in [5, 5.41) is 62.1. The van der Waals surface area contributed by atoms with Gasteiger partial charge in [-0.1, -0.05) is 0 Å². The lowest BCUT2D eigenvalue weighted by atomic mass is 10.1. The van der Waals surface area contributed by atoms with Crippen LogP contribution in [0.15, 0.2) is 134 Å². The molecule has 0 fully saturated rings. The number of ether oxygens (including phenoxy) is 4. The maximum Gasteiger partial charge on any atom is 0.179 e. The molecule has 0 unspecified atom stereocenters. The Hall–Kier alpha value is -13.2. The smallest absolute Gasteiger partial charge is 0.179 e. The van der Waals surface area contributed by atoms with E-state index in [0.717, 1.165) is 113 Å². The van der Waals surface area contributed by atoms with Crippen molar-refractivity contribution in [2.24, 2.45) is 28.2 Å². The monoisotopic (exact) mass is 1660 g/mol. The second kappa shape index (κ2) is 38.5. The van der Waals surface area contributed by atoms with Gasteiger partial charge in [0.25, 0.3) is 0 Å². The Morgan fingerprint density at radius 1 is 0.344 bits per heavy atom. The second-order valence-electron chi connectivity index (χ2n) is 30.3. The number of rotatable bonds is 28. The van der Waals surface area contributed by atoms with E-state index >= 15 is 0 Å². The van der Waals surface area contributed by atoms with Crippen LogP contribution in [0.25, 0.3) is 67.4 Å². The van der Waals surface area contributed by atoms with Gasteiger partial charge in [-0.25, -0.2) is 17.6 Å². The van der Waals surface area contributed by atoms with Gasteiger partial charge in [-0.2, -0.15) is 30.0 Å². The zero-order valence-electron chi connectivity index (χ0n) is 72.1. The SMILES string of the molecule is CNCc1nnc2ccc(-c3ccc(F)cc3OCCc3c(C)nn(C)c3C)cn12.CNCc1nnc2ccc(-c3ccc(F)cc3OCCc3c(C)nn(C)c3C)nn12.Cc1nn(C)c(C)c1CCOc1cc(F)ccc1-c1ccc2nnc(CN(C)C)n2c1.Cc1nn(C)c(C)c1CCOc1cc(F)ccc1-c1cn2c(CN(C)C)nnc2cn1. The minimum atomic E-state index is -0.358. The standard InChI is InChI=1S/C23H27FN6O.C22H26FN7O.C22H25FN6O.C21H24FN7O/c1-15-19(16(2)29(5)27-15)10-11-31-21-12-18(24)7-8-20(21)17-6-9-22-25-26-23(14-28(3)4)30(22)13-17;1-14-17(15(2)29(5)27-14)8-9-31-20-10-16(23)6-7-18(20)19-12-30-21(11-24-19)25-26-22(30)13-28(3)4;1-14-18(15(2)28(4)27-14)9-10-30-20-11-17(23)6-7-19(20)16-5-8-21-25-26-22(12-24-3)29(21)13-16;1-13-16(14(2)28(4)26-13)9-10-30-19-11-15(22)5-6-17(19)18-7-8-20-24-25-21(12-23-3)29(20)27-18/h6-9,12-13H,10-11,14H2,1-5H3;6-7,10-12H,8-9,13H2,1-5H3;5-8,11,13,24H,9-10,12H2,1-4H3;5-8,11,23H,9-10,12H2,1-4H3. The van der Waals surface area contributed by atoms with Gasteiger partial charge < -0.3 is 39.4 Å². The third-order valence-corrected chi connectivity index (χ3v) is 21.2. The van der Waals surface area contributed by atoms with Gasteiger partial charge in [0, 0.05) is 153 Å². The maximum absolute atomic E-state index is 14.0. The number of fused-ring (bicyclic) bond motifs is 4. The fourth-order valence-corrected chi connectivity index (χ4v) is 14.6. The van der Waals surface area contributed by atoms with Crippen molar-refractivity contribution >= 4 is 22.6 Å². The lowest BCUT2D eigenvalue weighted by Gasteiger charge is -2.13. The molecule has 0 aliphatic heterocycles. The van der Waals surface area contributed by atoms with E-state index < -0.39 is 0 Å². The van der Waals surface area contributed by atoms with E-state index in [9.17, 15) is 17.6 Å². The fourth-order valence-electron chi connectivity index (χ4n) is 14.6. The maximum atomic E-state index is 14.0. The molecular weight excluding hydrogens is 1560 g/mol. The minimum Gasteiger partial charge on any atom is -0.492 e. The van der Waals surface area contributed by atoms with Crippen molar-refractivity contribution in [3.63, 3.8) is 0 Å². The van der Waals surface area contributed by atoms with Crippen molar-refractivity contribution in [2.75, 3.05) is 68.7 Å². The van der Waals surface area contributed by atoms with E-state index in [1.807, 2.05) is 223 Å². The molecule has 2 N–H and O–H groups in total. The molecule has 636 valence electrons. The molecule has 4 aromatic carbocycles. The average molecular weight is 1660 g/mol. The van der Waals surface area contributed by atoms with Gasteiger partial charge in [-0.3, -0.25) is 36.9 Å². The lowest BCUT2D eigenvalue weighted by Crippen LogP contribution is -2.13. The first-order valence-corrected chi connectivity index (χ1v) is 40.0. The van der Waals surface area contributed by atoms with E-state index in [0.29, 0.717) is 141 Å². The molecule has 12 aromatic heterocycles. The summed E-state index contributed by atoms with van der Waals surface area (Å²) >= 11 is 0. The molecule has 12 heterocycles. The minimum absolute atomic E-state index is 0.328. The van der Waals surface area contributed by atoms with E-state index in [2.05, 4.69) is 81.9 Å². The number of aromatic nitrogens is 22. The first-order valence-electron chi connectivity index (χ1n) is 40.0. The highest BCUT2D eigenvalue weighted by Gasteiger charge is 2.22. The molecule has 0 amide bonds. The molecule has 0 radical (unpaired) electrons. The molecule has 34 heteroatoms. The van der Waals surface area contributed by atoms with E-state index in [1.165, 1.54) is 54.1 Å². The van der Waals surface area contributed by atoms with Crippen LogP contribution < -0.4 is 29.6 Å². The fraction of sp³-hybridized carbons (Fsp3) is 0.341. The van der Waals surface area contributed by atoms with Gasteiger partial charge >= 0.3 is 0 Å². The largest absolute Gasteiger partial charge is 0.492 e. The second-order valence-corrected chi connectivity index (χ2v) is 30.3. The van der Waals surface area contributed by atoms with Crippen molar-refractivity contribution in [1.29, 1.82) is 0 Å². The van der Waals surface area contributed by atoms with Crippen LogP contribution in [0.1, 0.15) is 91.1 Å². The first-order chi connectivity index (χ1) is 58.6. The number of nitrogens with one attached hydrogen (secondary N) is 2. The van der Waals surface area contributed by atoms with Crippen molar-refractivity contribution in [3.05, 3.63) is 248 Å². The van der Waals surface area contributed by atoms with Crippen LogP contribution in [0.4, 0.5) is 17.6 Å². The molecule has 0 bridgehead atoms. The predicted octanol–water partition coefficient (Wildman–Crippen LogP) is 12.4. The number of nitrogens with zero attached hydrogens (tertiary/aromatic N) is 24. The Balaban J connectivity index is 0.000000140. The van der Waals surface area contributed by atoms with Gasteiger partial charge in [0.2, 0.25) is 0 Å². The molecule has 16 aromatic rings. The predicted molar refractivity (Wildman–Crippen MR) is 457 cm³/mol. The van der Waals surface area contributed by atoms with Crippen LogP contribution in [0.3, 0.4) is 0 Å². The summed E-state index contributed by atoms with van der Waals surface area (Å²) in [5.74, 6) is 3.70. The highest BCUT2D eigenvalue weighted by molar-refractivity contribution is 5.73. The zero-order valence-corrected chi connectivity index (χ0v) is 72.1. The first kappa shape index (κ1) is 86.7. The number of pyridine rings is 2. The number of aryl methyl sites for hydroxylation is 8. The molecule has 0 aliphatic carbocycles. The topological polar surface area (TPSA) is 285 Å². The Bertz CT molecular complexity index is 5990. The molecule has 0 saturated heterocycles. The molecule has 16 rings (SSSR count). The molecule has 30 nitrogen and oxygen atoms in total. The van der Waals surface area contributed by atoms with Gasteiger partial charge in [0.15, 0.2) is 45.9 Å². The van der Waals surface area contributed by atoms with Gasteiger partial charge in [0.1, 0.15) is 46.3 Å². The molecule has 0 saturated carbocycles. The summed E-state index contributed by atoms with van der Waals surface area (Å²) in [7, 11) is 19.3. The van der Waals surface area contributed by atoms with Crippen LogP contribution in [-0.2, 0) is 80.1 Å². The zero-order chi connectivity index (χ0) is 86.7. The number of hydrogen-bond acceptors (Lipinski definition) is 22. The molecule has 122 heavy (non-hydrogen) atoms. The normalized spacial score (nSPS) is 11.5. The van der Waals surface area contributed by atoms with Crippen molar-refractivity contribution in [1.82, 2.24) is 128 Å². The summed E-state index contributed by atoms with van der Waals surface area (Å²) in [6.45, 7) is 20.2. The van der Waals surface area contributed by atoms with Crippen LogP contribution in [0, 0.1) is 78.7 Å². The number of benzene rings is 4. The third-order valence-electron chi connectivity index (χ3n) is 21.2. The molecule has 0 spiro atoms. The Labute approximate surface area is 704 Å². The van der Waals surface area contributed by atoms with E-state index in [-0.39, 0.29) is 23.3 Å². The summed E-state index contributed by atoms with van der Waals surface area (Å²) in [4.78, 5) is 8.56. The van der Waals surface area contributed by atoms with Crippen LogP contribution in [0.2, 0.25) is 0 Å². The summed E-state index contributed by atoms with van der Waals surface area (Å²) in [6, 6.07) is 29.6. The average Bonchev–Trinajstić information content (AvgIpc) is 1.61. The van der Waals surface area contributed by atoms with Crippen LogP contribution >= 0.6 is 0 Å². The van der Waals surface area contributed by atoms with Gasteiger partial charge in [-0.05, 0) is 205 Å². The van der Waals surface area contributed by atoms with Crippen molar-refractivity contribution in [2.45, 2.75) is 107 Å². The molecule has 0 aliphatic rings. The van der Waals surface area contributed by atoms with Gasteiger partial charge in [-0.15, -0.1) is 40.8 Å². The quantitative estimate of drug-likeness (QED) is 0.0431. The lowest BCUT2D eigenvalue weighted by molar-refractivity contribution is 0.320. The number of halogens is 4. The Morgan fingerprint density at radius 3 is 1.06 bits per heavy atom. The molecular formula is C88H102F4N26O4. The van der Waals surface area contributed by atoms with E-state index in [4.69, 9.17) is 18.9 Å². The third kappa shape index (κ3) is 20.0. The highest BCUT2D eigenvalue weighted by Crippen LogP contribution is 2.36. The van der Waals surface area contributed by atoms with E-state index in [1.54, 1.807) is 35.0 Å². The molecule has 0 atom stereocenters. The summed E-state index contributed by atoms with van der Waals surface area (Å²) in [5.41, 5.74) is 22.1. The van der Waals surface area contributed by atoms with Crippen LogP contribution in [-0.4, -0.2) is 186 Å².